The number of hydrogen-bond acceptors (Lipinski definition) is 5. The first kappa shape index (κ1) is 21.8. The third-order valence-electron chi connectivity index (χ3n) is 5.97. The number of nitrogens with zero attached hydrogens (tertiary/aromatic N) is 1. The van der Waals surface area contributed by atoms with Crippen LogP contribution in [0.25, 0.3) is 10.9 Å². The van der Waals surface area contributed by atoms with Crippen molar-refractivity contribution < 1.29 is 19.5 Å². The van der Waals surface area contributed by atoms with E-state index in [-0.39, 0.29) is 11.9 Å². The van der Waals surface area contributed by atoms with Crippen LogP contribution in [0, 0.1) is 12.8 Å². The van der Waals surface area contributed by atoms with E-state index in [1.165, 1.54) is 0 Å². The third kappa shape index (κ3) is 4.89. The summed E-state index contributed by atoms with van der Waals surface area (Å²) in [5.74, 6) is -0.443. The number of pyridine rings is 1. The molecule has 1 fully saturated rings. The van der Waals surface area contributed by atoms with Gasteiger partial charge in [0.1, 0.15) is 12.4 Å². The summed E-state index contributed by atoms with van der Waals surface area (Å²) in [7, 11) is 0. The molecule has 32 heavy (non-hydrogen) atoms. The molecule has 0 bridgehead atoms. The minimum Gasteiger partial charge on any atom is -0.489 e. The van der Waals surface area contributed by atoms with E-state index in [1.807, 2.05) is 37.3 Å². The van der Waals surface area contributed by atoms with Crippen LogP contribution in [0.1, 0.15) is 47.3 Å². The normalized spacial score (nSPS) is 18.2. The number of fused-ring (bicyclic) bond motifs is 1. The number of hydrogen-bond donors (Lipinski definition) is 3. The largest absolute Gasteiger partial charge is 0.489 e. The van der Waals surface area contributed by atoms with E-state index in [0.29, 0.717) is 30.8 Å². The SMILES string of the molecule is Cc1cc(COc2ccc(C(=O)N[C@H]3CCCC[C@H]3C(=O)NO)cc2)c2ccccc2n1. The molecule has 7 heteroatoms. The number of aryl methyl sites for hydroxylation is 1. The van der Waals surface area contributed by atoms with Crippen LogP contribution in [0.5, 0.6) is 5.75 Å². The molecule has 1 aliphatic carbocycles. The van der Waals surface area contributed by atoms with Crippen LogP contribution in [0.4, 0.5) is 0 Å². The summed E-state index contributed by atoms with van der Waals surface area (Å²) >= 11 is 0. The van der Waals surface area contributed by atoms with Crippen LogP contribution in [0.3, 0.4) is 0 Å². The van der Waals surface area contributed by atoms with E-state index in [1.54, 1.807) is 29.7 Å². The van der Waals surface area contributed by atoms with Crippen molar-refractivity contribution in [2.24, 2.45) is 5.92 Å². The Kier molecular flexibility index (Phi) is 6.66. The van der Waals surface area contributed by atoms with Crippen LogP contribution in [0.2, 0.25) is 0 Å². The minimum absolute atomic E-state index is 0.241. The highest BCUT2D eigenvalue weighted by atomic mass is 16.5. The molecular weight excluding hydrogens is 406 g/mol. The molecule has 0 radical (unpaired) electrons. The molecule has 2 aromatic carbocycles. The van der Waals surface area contributed by atoms with E-state index in [4.69, 9.17) is 9.94 Å². The lowest BCUT2D eigenvalue weighted by atomic mass is 9.84. The van der Waals surface area contributed by atoms with Gasteiger partial charge >= 0.3 is 0 Å². The standard InChI is InChI=1S/C25H27N3O4/c1-16-14-18(20-6-2-4-8-22(20)26-16)15-32-19-12-10-17(11-13-19)24(29)27-23-9-5-3-7-21(23)25(30)28-31/h2,4,6,8,10-14,21,23,31H,3,5,7,9,15H2,1H3,(H,27,29)(H,28,30)/t21-,23+/m1/s1. The van der Waals surface area contributed by atoms with Crippen LogP contribution in [0.15, 0.2) is 54.6 Å². The maximum Gasteiger partial charge on any atom is 0.251 e. The van der Waals surface area contributed by atoms with Gasteiger partial charge in [0.05, 0.1) is 11.4 Å². The molecule has 2 amide bonds. The number of para-hydroxylation sites is 1. The molecule has 1 aliphatic rings. The van der Waals surface area contributed by atoms with Crippen LogP contribution < -0.4 is 15.5 Å². The van der Waals surface area contributed by atoms with Crippen molar-refractivity contribution in [3.63, 3.8) is 0 Å². The first-order valence-electron chi connectivity index (χ1n) is 10.9. The molecule has 166 valence electrons. The highest BCUT2D eigenvalue weighted by Crippen LogP contribution is 2.25. The second-order valence-corrected chi connectivity index (χ2v) is 8.20. The number of carbonyl (C=O) groups is 2. The lowest BCUT2D eigenvalue weighted by Gasteiger charge is -2.30. The van der Waals surface area contributed by atoms with Crippen molar-refractivity contribution >= 4 is 22.7 Å². The van der Waals surface area contributed by atoms with Crippen molar-refractivity contribution in [2.75, 3.05) is 0 Å². The summed E-state index contributed by atoms with van der Waals surface area (Å²) in [4.78, 5) is 29.1. The van der Waals surface area contributed by atoms with Gasteiger partial charge in [-0.15, -0.1) is 0 Å². The quantitative estimate of drug-likeness (QED) is 0.404. The summed E-state index contributed by atoms with van der Waals surface area (Å²) in [6.45, 7) is 2.36. The molecule has 4 rings (SSSR count). The Morgan fingerprint density at radius 3 is 2.62 bits per heavy atom. The van der Waals surface area contributed by atoms with E-state index in [9.17, 15) is 9.59 Å². The van der Waals surface area contributed by atoms with Gasteiger partial charge < -0.3 is 10.1 Å². The van der Waals surface area contributed by atoms with Gasteiger partial charge in [-0.25, -0.2) is 5.48 Å². The molecule has 0 aliphatic heterocycles. The predicted molar refractivity (Wildman–Crippen MR) is 120 cm³/mol. The van der Waals surface area contributed by atoms with Crippen LogP contribution >= 0.6 is 0 Å². The molecule has 0 spiro atoms. The molecule has 1 saturated carbocycles. The summed E-state index contributed by atoms with van der Waals surface area (Å²) in [6, 6.07) is 16.7. The fraction of sp³-hybridized carbons (Fsp3) is 0.320. The highest BCUT2D eigenvalue weighted by Gasteiger charge is 2.32. The smallest absolute Gasteiger partial charge is 0.251 e. The molecule has 1 heterocycles. The topological polar surface area (TPSA) is 101 Å². The van der Waals surface area contributed by atoms with Gasteiger partial charge in [-0.05, 0) is 56.2 Å². The maximum atomic E-state index is 12.7. The van der Waals surface area contributed by atoms with E-state index in [2.05, 4.69) is 10.3 Å². The van der Waals surface area contributed by atoms with E-state index in [0.717, 1.165) is 35.0 Å². The molecule has 3 aromatic rings. The molecule has 3 N–H and O–H groups in total. The Bertz CT molecular complexity index is 1110. The van der Waals surface area contributed by atoms with Crippen molar-refractivity contribution in [1.82, 2.24) is 15.8 Å². The minimum atomic E-state index is -0.447. The Morgan fingerprint density at radius 2 is 1.84 bits per heavy atom. The second-order valence-electron chi connectivity index (χ2n) is 8.20. The zero-order chi connectivity index (χ0) is 22.5. The predicted octanol–water partition coefficient (Wildman–Crippen LogP) is 3.92. The van der Waals surface area contributed by atoms with Gasteiger partial charge in [0.15, 0.2) is 0 Å². The van der Waals surface area contributed by atoms with Gasteiger partial charge in [-0.3, -0.25) is 19.8 Å². The first-order chi connectivity index (χ1) is 15.5. The number of rotatable bonds is 6. The van der Waals surface area contributed by atoms with Crippen molar-refractivity contribution in [3.05, 3.63) is 71.4 Å². The molecule has 7 nitrogen and oxygen atoms in total. The maximum absolute atomic E-state index is 12.7. The Hall–Kier alpha value is -3.45. The molecule has 1 aromatic heterocycles. The average molecular weight is 434 g/mol. The Labute approximate surface area is 186 Å². The van der Waals surface area contributed by atoms with Crippen molar-refractivity contribution in [2.45, 2.75) is 45.3 Å². The lowest BCUT2D eigenvalue weighted by Crippen LogP contribution is -2.47. The molecule has 0 unspecified atom stereocenters. The summed E-state index contributed by atoms with van der Waals surface area (Å²) < 4.78 is 5.96. The number of amides is 2. The van der Waals surface area contributed by atoms with Gasteiger partial charge in [0.25, 0.3) is 5.91 Å². The van der Waals surface area contributed by atoms with E-state index >= 15 is 0 Å². The number of nitrogens with one attached hydrogen (secondary N) is 2. The lowest BCUT2D eigenvalue weighted by molar-refractivity contribution is -0.135. The number of ether oxygens (including phenoxy) is 1. The summed E-state index contributed by atoms with van der Waals surface area (Å²) in [5.41, 5.74) is 5.14. The van der Waals surface area contributed by atoms with Crippen LogP contribution in [-0.4, -0.2) is 28.0 Å². The van der Waals surface area contributed by atoms with Gasteiger partial charge in [-0.1, -0.05) is 31.0 Å². The van der Waals surface area contributed by atoms with Crippen molar-refractivity contribution in [3.8, 4) is 5.75 Å². The molecular formula is C25H27N3O4. The molecule has 2 atom stereocenters. The number of benzene rings is 2. The van der Waals surface area contributed by atoms with Crippen LogP contribution in [-0.2, 0) is 11.4 Å². The Balaban J connectivity index is 1.40. The fourth-order valence-corrected chi connectivity index (χ4v) is 4.33. The summed E-state index contributed by atoms with van der Waals surface area (Å²) in [5, 5.41) is 13.0. The number of carbonyl (C=O) groups excluding carboxylic acids is 2. The zero-order valence-electron chi connectivity index (χ0n) is 18.0. The van der Waals surface area contributed by atoms with Gasteiger partial charge in [0, 0.05) is 28.2 Å². The number of aromatic nitrogens is 1. The number of hydroxylamine groups is 1. The first-order valence-corrected chi connectivity index (χ1v) is 10.9. The fourth-order valence-electron chi connectivity index (χ4n) is 4.33. The Morgan fingerprint density at radius 1 is 1.09 bits per heavy atom. The second kappa shape index (κ2) is 9.78. The monoisotopic (exact) mass is 433 g/mol. The summed E-state index contributed by atoms with van der Waals surface area (Å²) in [6.07, 6.45) is 3.20. The van der Waals surface area contributed by atoms with Gasteiger partial charge in [0.2, 0.25) is 5.91 Å². The average Bonchev–Trinajstić information content (AvgIpc) is 2.82. The highest BCUT2D eigenvalue weighted by molar-refractivity contribution is 5.95. The van der Waals surface area contributed by atoms with Crippen molar-refractivity contribution in [1.29, 1.82) is 0 Å². The third-order valence-corrected chi connectivity index (χ3v) is 5.97. The van der Waals surface area contributed by atoms with E-state index < -0.39 is 11.8 Å². The molecule has 0 saturated heterocycles. The van der Waals surface area contributed by atoms with Gasteiger partial charge in [-0.2, -0.15) is 0 Å². The zero-order valence-corrected chi connectivity index (χ0v) is 18.0.